The molecule has 0 aromatic heterocycles. The zero-order chi connectivity index (χ0) is 14.2. The summed E-state index contributed by atoms with van der Waals surface area (Å²) in [5.74, 6) is 1.37. The van der Waals surface area contributed by atoms with Crippen LogP contribution in [-0.2, 0) is 6.42 Å². The van der Waals surface area contributed by atoms with E-state index < -0.39 is 0 Å². The van der Waals surface area contributed by atoms with Crippen molar-refractivity contribution in [2.24, 2.45) is 5.73 Å². The lowest BCUT2D eigenvalue weighted by atomic mass is 10.2. The molecule has 2 rings (SSSR count). The number of hydrogen-bond donors (Lipinski definition) is 2. The van der Waals surface area contributed by atoms with Crippen LogP contribution in [-0.4, -0.2) is 19.0 Å². The Hall–Kier alpha value is -2.00. The fraction of sp³-hybridized carbons (Fsp3) is 0.188. The molecular weight excluding hydrogens is 272 g/mol. The van der Waals surface area contributed by atoms with E-state index in [0.29, 0.717) is 17.5 Å². The van der Waals surface area contributed by atoms with E-state index in [0.717, 1.165) is 18.7 Å². The van der Waals surface area contributed by atoms with Crippen LogP contribution in [0.1, 0.15) is 5.56 Å². The molecule has 0 atom stereocenters. The summed E-state index contributed by atoms with van der Waals surface area (Å²) in [5.41, 5.74) is 7.15. The summed E-state index contributed by atoms with van der Waals surface area (Å²) in [5, 5.41) is 0.690. The highest BCUT2D eigenvalue weighted by atomic mass is 35.5. The van der Waals surface area contributed by atoms with Crippen LogP contribution >= 0.6 is 11.6 Å². The Morgan fingerprint density at radius 3 is 2.45 bits per heavy atom. The number of halogens is 1. The first kappa shape index (κ1) is 14.4. The predicted octanol–water partition coefficient (Wildman–Crippen LogP) is 1.40. The highest BCUT2D eigenvalue weighted by molar-refractivity contribution is 6.30. The third-order valence-electron chi connectivity index (χ3n) is 2.82. The van der Waals surface area contributed by atoms with Crippen LogP contribution in [0.4, 0.5) is 0 Å². The lowest BCUT2D eigenvalue weighted by Crippen LogP contribution is -2.77. The van der Waals surface area contributed by atoms with Gasteiger partial charge in [-0.25, -0.2) is 0 Å². The van der Waals surface area contributed by atoms with Crippen molar-refractivity contribution in [3.63, 3.8) is 0 Å². The van der Waals surface area contributed by atoms with Gasteiger partial charge in [0.05, 0.1) is 6.54 Å². The Labute approximate surface area is 124 Å². The van der Waals surface area contributed by atoms with Crippen molar-refractivity contribution in [3.8, 4) is 5.75 Å². The number of benzene rings is 2. The van der Waals surface area contributed by atoms with Gasteiger partial charge in [0.15, 0.2) is 6.61 Å². The molecule has 0 heterocycles. The predicted molar refractivity (Wildman–Crippen MR) is 82.1 cm³/mol. The Kier molecular flexibility index (Phi) is 5.44. The molecule has 4 heteroatoms. The van der Waals surface area contributed by atoms with Crippen molar-refractivity contribution in [1.82, 2.24) is 0 Å². The Morgan fingerprint density at radius 1 is 1.05 bits per heavy atom. The number of nitrogens with two attached hydrogens (primary N) is 1. The van der Waals surface area contributed by atoms with E-state index in [1.165, 1.54) is 5.56 Å². The number of hydrogen-bond acceptors (Lipinski definition) is 1. The monoisotopic (exact) mass is 289 g/mol. The second-order valence-corrected chi connectivity index (χ2v) is 4.87. The number of ether oxygens (including phenoxy) is 1. The van der Waals surface area contributed by atoms with Crippen LogP contribution < -0.4 is 15.5 Å². The molecule has 0 amide bonds. The van der Waals surface area contributed by atoms with Gasteiger partial charge < -0.3 is 4.74 Å². The molecule has 0 fully saturated rings. The third kappa shape index (κ3) is 4.94. The van der Waals surface area contributed by atoms with E-state index >= 15 is 0 Å². The minimum atomic E-state index is 0.344. The van der Waals surface area contributed by atoms with Gasteiger partial charge in [-0.2, -0.15) is 0 Å². The summed E-state index contributed by atoms with van der Waals surface area (Å²) in [6.45, 7) is 1.14. The van der Waals surface area contributed by atoms with Gasteiger partial charge in [0.1, 0.15) is 5.75 Å². The highest BCUT2D eigenvalue weighted by Gasteiger charge is 2.01. The summed E-state index contributed by atoms with van der Waals surface area (Å²) < 4.78 is 5.54. The summed E-state index contributed by atoms with van der Waals surface area (Å²) in [4.78, 5) is 3.16. The standard InChI is InChI=1S/C16H17ClN2O/c17-14-6-8-15(9-7-14)20-12-16(18)19-11-10-13-4-2-1-3-5-13/h1-9H,10-12H2,(H2,18,19)/p+1. The van der Waals surface area contributed by atoms with E-state index in [4.69, 9.17) is 22.1 Å². The maximum atomic E-state index is 5.87. The molecule has 0 radical (unpaired) electrons. The van der Waals surface area contributed by atoms with Crippen LogP contribution in [0.15, 0.2) is 54.6 Å². The molecule has 104 valence electrons. The van der Waals surface area contributed by atoms with Crippen molar-refractivity contribution in [1.29, 1.82) is 0 Å². The number of rotatable bonds is 6. The van der Waals surface area contributed by atoms with Gasteiger partial charge in [0, 0.05) is 11.4 Å². The maximum Gasteiger partial charge on any atom is 0.279 e. The minimum Gasteiger partial charge on any atom is -0.481 e. The molecule has 0 aliphatic heterocycles. The van der Waals surface area contributed by atoms with Crippen molar-refractivity contribution < 1.29 is 9.73 Å². The van der Waals surface area contributed by atoms with Crippen LogP contribution in [0, 0.1) is 0 Å². The van der Waals surface area contributed by atoms with Gasteiger partial charge in [-0.1, -0.05) is 41.9 Å². The van der Waals surface area contributed by atoms with Gasteiger partial charge in [0.2, 0.25) is 0 Å². The molecule has 2 aromatic rings. The smallest absolute Gasteiger partial charge is 0.279 e. The SMILES string of the molecule is NC(COc1ccc(Cl)cc1)=[NH+]CCc1ccccc1. The number of amidine groups is 1. The fourth-order valence-electron chi connectivity index (χ4n) is 1.76. The summed E-state index contributed by atoms with van der Waals surface area (Å²) in [6, 6.07) is 17.5. The van der Waals surface area contributed by atoms with Crippen molar-refractivity contribution in [3.05, 3.63) is 65.2 Å². The maximum absolute atomic E-state index is 5.87. The van der Waals surface area contributed by atoms with E-state index in [1.807, 2.05) is 30.3 Å². The van der Waals surface area contributed by atoms with E-state index in [1.54, 1.807) is 12.1 Å². The van der Waals surface area contributed by atoms with Gasteiger partial charge in [-0.15, -0.1) is 0 Å². The molecule has 3 nitrogen and oxygen atoms in total. The normalized spacial score (nSPS) is 11.3. The molecule has 20 heavy (non-hydrogen) atoms. The molecule has 0 spiro atoms. The first-order valence-electron chi connectivity index (χ1n) is 6.51. The molecule has 0 aliphatic carbocycles. The Bertz CT molecular complexity index is 552. The summed E-state index contributed by atoms with van der Waals surface area (Å²) in [7, 11) is 0. The second-order valence-electron chi connectivity index (χ2n) is 4.43. The van der Waals surface area contributed by atoms with Crippen LogP contribution in [0.2, 0.25) is 5.02 Å². The molecule has 0 saturated heterocycles. The van der Waals surface area contributed by atoms with Crippen molar-refractivity contribution in [2.75, 3.05) is 13.2 Å². The molecule has 0 unspecified atom stereocenters. The zero-order valence-corrected chi connectivity index (χ0v) is 11.9. The zero-order valence-electron chi connectivity index (χ0n) is 11.2. The van der Waals surface area contributed by atoms with Gasteiger partial charge >= 0.3 is 0 Å². The van der Waals surface area contributed by atoms with Crippen LogP contribution in [0.3, 0.4) is 0 Å². The lowest BCUT2D eigenvalue weighted by molar-refractivity contribution is -0.459. The first-order chi connectivity index (χ1) is 9.74. The lowest BCUT2D eigenvalue weighted by Gasteiger charge is -2.03. The fourth-order valence-corrected chi connectivity index (χ4v) is 1.88. The first-order valence-corrected chi connectivity index (χ1v) is 6.89. The third-order valence-corrected chi connectivity index (χ3v) is 3.07. The largest absolute Gasteiger partial charge is 0.481 e. The highest BCUT2D eigenvalue weighted by Crippen LogP contribution is 2.14. The number of nitrogens with one attached hydrogen (secondary N) is 1. The average molecular weight is 290 g/mol. The molecule has 0 bridgehead atoms. The Balaban J connectivity index is 1.75. The molecular formula is C16H18ClN2O+. The van der Waals surface area contributed by atoms with Gasteiger partial charge in [-0.3, -0.25) is 10.7 Å². The quantitative estimate of drug-likeness (QED) is 0.624. The summed E-state index contributed by atoms with van der Waals surface area (Å²) >= 11 is 5.80. The Morgan fingerprint density at radius 2 is 1.75 bits per heavy atom. The topological polar surface area (TPSA) is 49.2 Å². The van der Waals surface area contributed by atoms with E-state index in [-0.39, 0.29) is 0 Å². The molecule has 2 aromatic carbocycles. The van der Waals surface area contributed by atoms with Crippen LogP contribution in [0.25, 0.3) is 0 Å². The average Bonchev–Trinajstić information content (AvgIpc) is 2.48. The molecule has 3 N–H and O–H groups in total. The van der Waals surface area contributed by atoms with E-state index in [2.05, 4.69) is 17.1 Å². The van der Waals surface area contributed by atoms with Gasteiger partial charge in [0.25, 0.3) is 5.84 Å². The molecule has 0 saturated carbocycles. The van der Waals surface area contributed by atoms with E-state index in [9.17, 15) is 0 Å². The van der Waals surface area contributed by atoms with Crippen molar-refractivity contribution in [2.45, 2.75) is 6.42 Å². The van der Waals surface area contributed by atoms with Gasteiger partial charge in [-0.05, 0) is 29.8 Å². The van der Waals surface area contributed by atoms with Crippen molar-refractivity contribution >= 4 is 17.4 Å². The molecule has 0 aliphatic rings. The minimum absolute atomic E-state index is 0.344. The van der Waals surface area contributed by atoms with Crippen LogP contribution in [0.5, 0.6) is 5.75 Å². The second kappa shape index (κ2) is 7.56. The summed E-state index contributed by atoms with van der Waals surface area (Å²) in [6.07, 6.45) is 0.933.